The summed E-state index contributed by atoms with van der Waals surface area (Å²) in [5.41, 5.74) is 1.93. The minimum Gasteiger partial charge on any atom is -0.383 e. The van der Waals surface area contributed by atoms with E-state index < -0.39 is 10.1 Å². The van der Waals surface area contributed by atoms with E-state index >= 15 is 0 Å². The Morgan fingerprint density at radius 2 is 1.56 bits per heavy atom. The highest BCUT2D eigenvalue weighted by Gasteiger charge is 2.18. The van der Waals surface area contributed by atoms with Gasteiger partial charge in [0.1, 0.15) is 5.75 Å². The van der Waals surface area contributed by atoms with Gasteiger partial charge in [-0.15, -0.1) is 11.3 Å². The molecule has 3 aromatic rings. The van der Waals surface area contributed by atoms with Crippen LogP contribution in [0.2, 0.25) is 0 Å². The molecule has 7 heteroatoms. The van der Waals surface area contributed by atoms with Crippen molar-refractivity contribution in [2.24, 2.45) is 0 Å². The van der Waals surface area contributed by atoms with Crippen LogP contribution in [-0.4, -0.2) is 25.5 Å². The second-order valence-electron chi connectivity index (χ2n) is 6.06. The van der Waals surface area contributed by atoms with E-state index in [0.29, 0.717) is 18.0 Å². The summed E-state index contributed by atoms with van der Waals surface area (Å²) in [6.07, 6.45) is 1.00. The molecule has 0 aliphatic carbocycles. The van der Waals surface area contributed by atoms with E-state index in [1.54, 1.807) is 29.2 Å². The smallest absolute Gasteiger partial charge is 0.306 e. The number of rotatable bonds is 7. The molecule has 1 aromatic heterocycles. The van der Waals surface area contributed by atoms with Crippen molar-refractivity contribution in [1.29, 1.82) is 0 Å². The third kappa shape index (κ3) is 5.67. The van der Waals surface area contributed by atoms with Gasteiger partial charge in [-0.3, -0.25) is 4.79 Å². The van der Waals surface area contributed by atoms with Crippen LogP contribution in [0.15, 0.2) is 72.1 Å². The van der Waals surface area contributed by atoms with Crippen molar-refractivity contribution in [3.05, 3.63) is 88.1 Å². The summed E-state index contributed by atoms with van der Waals surface area (Å²) >= 11 is 1.41. The van der Waals surface area contributed by atoms with E-state index in [4.69, 9.17) is 4.18 Å². The molecule has 0 radical (unpaired) electrons. The Kier molecular flexibility index (Phi) is 5.93. The number of amides is 1. The summed E-state index contributed by atoms with van der Waals surface area (Å²) in [7, 11) is -3.56. The van der Waals surface area contributed by atoms with Gasteiger partial charge in [-0.1, -0.05) is 48.5 Å². The maximum atomic E-state index is 12.9. The van der Waals surface area contributed by atoms with Crippen molar-refractivity contribution in [1.82, 2.24) is 4.90 Å². The summed E-state index contributed by atoms with van der Waals surface area (Å²) < 4.78 is 27.3. The number of nitrogens with zero attached hydrogens (tertiary/aromatic N) is 1. The molecule has 0 N–H and O–H groups in total. The Morgan fingerprint density at radius 1 is 0.926 bits per heavy atom. The summed E-state index contributed by atoms with van der Waals surface area (Å²) in [5, 5.41) is 1.88. The molecule has 0 aliphatic heterocycles. The first-order valence-corrected chi connectivity index (χ1v) is 11.0. The summed E-state index contributed by atoms with van der Waals surface area (Å²) in [6, 6.07) is 20.2. The topological polar surface area (TPSA) is 63.7 Å². The van der Waals surface area contributed by atoms with E-state index in [2.05, 4.69) is 0 Å². The highest BCUT2D eigenvalue weighted by atomic mass is 32.2. The van der Waals surface area contributed by atoms with Crippen molar-refractivity contribution < 1.29 is 17.4 Å². The van der Waals surface area contributed by atoms with Crippen LogP contribution in [0.4, 0.5) is 0 Å². The van der Waals surface area contributed by atoms with E-state index in [1.807, 2.05) is 47.8 Å². The summed E-state index contributed by atoms with van der Waals surface area (Å²) in [6.45, 7) is 0.893. The second-order valence-corrected chi connectivity index (χ2v) is 8.58. The lowest BCUT2D eigenvalue weighted by Crippen LogP contribution is -2.29. The highest BCUT2D eigenvalue weighted by molar-refractivity contribution is 7.86. The van der Waals surface area contributed by atoms with Crippen LogP contribution >= 0.6 is 11.3 Å². The zero-order valence-corrected chi connectivity index (χ0v) is 16.4. The first-order valence-electron chi connectivity index (χ1n) is 8.26. The molecule has 0 saturated carbocycles. The van der Waals surface area contributed by atoms with Crippen LogP contribution in [0.5, 0.6) is 5.75 Å². The minimum atomic E-state index is -3.56. The molecule has 0 bridgehead atoms. The second kappa shape index (κ2) is 8.37. The highest BCUT2D eigenvalue weighted by Crippen LogP contribution is 2.19. The maximum absolute atomic E-state index is 12.9. The molecule has 0 aliphatic rings. The lowest BCUT2D eigenvalue weighted by molar-refractivity contribution is 0.0735. The first kappa shape index (κ1) is 19.1. The van der Waals surface area contributed by atoms with Gasteiger partial charge in [0.25, 0.3) is 5.91 Å². The molecule has 5 nitrogen and oxygen atoms in total. The molecule has 0 saturated heterocycles. The number of hydrogen-bond donors (Lipinski definition) is 0. The number of carbonyl (C=O) groups excluding carboxylic acids is 1. The van der Waals surface area contributed by atoms with Crippen LogP contribution < -0.4 is 4.18 Å². The molecule has 1 amide bonds. The average Bonchev–Trinajstić information content (AvgIpc) is 3.16. The van der Waals surface area contributed by atoms with Gasteiger partial charge in [0.05, 0.1) is 11.1 Å². The van der Waals surface area contributed by atoms with Crippen LogP contribution in [-0.2, 0) is 23.2 Å². The number of benzene rings is 2. The van der Waals surface area contributed by atoms with Crippen molar-refractivity contribution in [2.75, 3.05) is 6.26 Å². The third-order valence-electron chi connectivity index (χ3n) is 3.78. The molecule has 140 valence electrons. The standard InChI is InChI=1S/C20H19NO4S2/c1-27(23,24)25-18-11-9-17(10-12-18)15-21(14-16-6-3-2-4-7-16)20(22)19-8-5-13-26-19/h2-13H,14-15H2,1H3. The summed E-state index contributed by atoms with van der Waals surface area (Å²) in [5.74, 6) is 0.214. The molecule has 27 heavy (non-hydrogen) atoms. The van der Waals surface area contributed by atoms with E-state index in [0.717, 1.165) is 17.4 Å². The van der Waals surface area contributed by atoms with Gasteiger partial charge in [-0.2, -0.15) is 8.42 Å². The van der Waals surface area contributed by atoms with Gasteiger partial charge < -0.3 is 9.08 Å². The fourth-order valence-electron chi connectivity index (χ4n) is 2.60. The van der Waals surface area contributed by atoms with Gasteiger partial charge in [0.15, 0.2) is 0 Å². The van der Waals surface area contributed by atoms with E-state index in [1.165, 1.54) is 11.3 Å². The van der Waals surface area contributed by atoms with Gasteiger partial charge in [0, 0.05) is 13.1 Å². The fraction of sp³-hybridized carbons (Fsp3) is 0.150. The number of hydrogen-bond acceptors (Lipinski definition) is 5. The SMILES string of the molecule is CS(=O)(=O)Oc1ccc(CN(Cc2ccccc2)C(=O)c2cccs2)cc1. The predicted molar refractivity (Wildman–Crippen MR) is 106 cm³/mol. The number of carbonyl (C=O) groups is 1. The molecule has 0 atom stereocenters. The average molecular weight is 402 g/mol. The van der Waals surface area contributed by atoms with Gasteiger partial charge in [-0.05, 0) is 34.7 Å². The van der Waals surface area contributed by atoms with Crippen LogP contribution in [0.1, 0.15) is 20.8 Å². The van der Waals surface area contributed by atoms with Crippen molar-refractivity contribution in [2.45, 2.75) is 13.1 Å². The lowest BCUT2D eigenvalue weighted by atomic mass is 10.1. The van der Waals surface area contributed by atoms with Crippen LogP contribution in [0, 0.1) is 0 Å². The zero-order chi connectivity index (χ0) is 19.3. The Morgan fingerprint density at radius 3 is 2.11 bits per heavy atom. The fourth-order valence-corrected chi connectivity index (χ4v) is 3.76. The van der Waals surface area contributed by atoms with Crippen LogP contribution in [0.3, 0.4) is 0 Å². The van der Waals surface area contributed by atoms with Gasteiger partial charge in [-0.25, -0.2) is 0 Å². The maximum Gasteiger partial charge on any atom is 0.306 e. The Bertz CT molecular complexity index is 982. The number of thiophene rings is 1. The van der Waals surface area contributed by atoms with Crippen molar-refractivity contribution >= 4 is 27.4 Å². The zero-order valence-electron chi connectivity index (χ0n) is 14.7. The molecule has 2 aromatic carbocycles. The molecule has 3 rings (SSSR count). The van der Waals surface area contributed by atoms with Crippen molar-refractivity contribution in [3.8, 4) is 5.75 Å². The summed E-state index contributed by atoms with van der Waals surface area (Å²) in [4.78, 5) is 15.4. The Hall–Kier alpha value is -2.64. The first-order chi connectivity index (χ1) is 12.9. The normalized spacial score (nSPS) is 11.1. The molecular weight excluding hydrogens is 382 g/mol. The quantitative estimate of drug-likeness (QED) is 0.563. The molecule has 0 unspecified atom stereocenters. The molecular formula is C20H19NO4S2. The van der Waals surface area contributed by atoms with E-state index in [9.17, 15) is 13.2 Å². The predicted octanol–water partition coefficient (Wildman–Crippen LogP) is 3.93. The third-order valence-corrected chi connectivity index (χ3v) is 5.13. The van der Waals surface area contributed by atoms with Crippen LogP contribution in [0.25, 0.3) is 0 Å². The largest absolute Gasteiger partial charge is 0.383 e. The molecule has 0 spiro atoms. The minimum absolute atomic E-state index is 0.0367. The molecule has 1 heterocycles. The molecule has 0 fully saturated rings. The Labute approximate surface area is 163 Å². The van der Waals surface area contributed by atoms with Gasteiger partial charge >= 0.3 is 10.1 Å². The van der Waals surface area contributed by atoms with Gasteiger partial charge in [0.2, 0.25) is 0 Å². The van der Waals surface area contributed by atoms with Crippen molar-refractivity contribution in [3.63, 3.8) is 0 Å². The Balaban J connectivity index is 1.79. The lowest BCUT2D eigenvalue weighted by Gasteiger charge is -2.22. The van der Waals surface area contributed by atoms with E-state index in [-0.39, 0.29) is 11.7 Å². The monoisotopic (exact) mass is 401 g/mol.